The van der Waals surface area contributed by atoms with Crippen molar-refractivity contribution in [3.05, 3.63) is 119 Å². The molecule has 0 amide bonds. The molecule has 9 heteroatoms. The van der Waals surface area contributed by atoms with Gasteiger partial charge in [-0.05, 0) is 114 Å². The third-order valence-corrected chi connectivity index (χ3v) is 8.38. The quantitative estimate of drug-likeness (QED) is 0.112. The van der Waals surface area contributed by atoms with Crippen LogP contribution in [0.4, 0.5) is 0 Å². The minimum atomic E-state index is -0.245. The number of aryl methyl sites for hydroxylation is 1. The van der Waals surface area contributed by atoms with Crippen molar-refractivity contribution < 1.29 is 9.47 Å². The van der Waals surface area contributed by atoms with E-state index < -0.39 is 0 Å². The second-order valence-electron chi connectivity index (χ2n) is 10.3. The van der Waals surface area contributed by atoms with Crippen molar-refractivity contribution in [2.75, 3.05) is 6.61 Å². The number of ether oxygens (including phenoxy) is 2. The minimum absolute atomic E-state index is 0.212. The summed E-state index contributed by atoms with van der Waals surface area (Å²) >= 11 is 14.5. The van der Waals surface area contributed by atoms with E-state index in [0.29, 0.717) is 45.7 Å². The van der Waals surface area contributed by atoms with Crippen LogP contribution in [-0.2, 0) is 6.61 Å². The van der Waals surface area contributed by atoms with Gasteiger partial charge < -0.3 is 9.47 Å². The molecule has 0 unspecified atom stereocenters. The number of aromatic nitrogens is 2. The van der Waals surface area contributed by atoms with E-state index in [9.17, 15) is 4.79 Å². The summed E-state index contributed by atoms with van der Waals surface area (Å²) in [5.74, 6) is 2.23. The molecule has 1 heterocycles. The zero-order valence-corrected chi connectivity index (χ0v) is 27.9. The van der Waals surface area contributed by atoms with Crippen LogP contribution in [0.25, 0.3) is 22.3 Å². The second kappa shape index (κ2) is 13.5. The predicted octanol–water partition coefficient (Wildman–Crippen LogP) is 9.27. The highest BCUT2D eigenvalue weighted by Gasteiger charge is 2.18. The van der Waals surface area contributed by atoms with E-state index in [1.807, 2.05) is 62.4 Å². The molecular weight excluding hydrogens is 696 g/mol. The first-order chi connectivity index (χ1) is 20.7. The Morgan fingerprint density at radius 2 is 1.79 bits per heavy atom. The van der Waals surface area contributed by atoms with Gasteiger partial charge in [0.2, 0.25) is 0 Å². The van der Waals surface area contributed by atoms with Crippen LogP contribution in [0.1, 0.15) is 48.9 Å². The first kappa shape index (κ1) is 31.0. The summed E-state index contributed by atoms with van der Waals surface area (Å²) in [5.41, 5.74) is 4.83. The fourth-order valence-corrected chi connectivity index (χ4v) is 5.87. The largest absolute Gasteiger partial charge is 0.494 e. The fraction of sp³-hybridized carbons (Fsp3) is 0.206. The molecule has 220 valence electrons. The predicted molar refractivity (Wildman–Crippen MR) is 184 cm³/mol. The molecule has 0 spiro atoms. The number of nitrogens with zero attached hydrogens (tertiary/aromatic N) is 3. The number of para-hydroxylation sites is 1. The maximum atomic E-state index is 13.8. The lowest BCUT2D eigenvalue weighted by atomic mass is 9.96. The van der Waals surface area contributed by atoms with Gasteiger partial charge in [-0.2, -0.15) is 9.78 Å². The van der Waals surface area contributed by atoms with Crippen LogP contribution >= 0.6 is 45.8 Å². The Bertz CT molecular complexity index is 1900. The highest BCUT2D eigenvalue weighted by Crippen LogP contribution is 2.34. The molecule has 6 nitrogen and oxygen atoms in total. The third-order valence-electron chi connectivity index (χ3n) is 6.95. The van der Waals surface area contributed by atoms with Crippen LogP contribution in [0, 0.1) is 10.5 Å². The van der Waals surface area contributed by atoms with Crippen LogP contribution in [0.2, 0.25) is 10.0 Å². The molecule has 4 aromatic carbocycles. The number of hydrogen-bond donors (Lipinski definition) is 0. The molecule has 0 fully saturated rings. The highest BCUT2D eigenvalue weighted by atomic mass is 127. The maximum absolute atomic E-state index is 13.8. The Kier molecular flexibility index (Phi) is 9.74. The first-order valence-corrected chi connectivity index (χ1v) is 15.7. The van der Waals surface area contributed by atoms with Crippen LogP contribution < -0.4 is 15.0 Å². The van der Waals surface area contributed by atoms with Gasteiger partial charge in [-0.1, -0.05) is 55.2 Å². The summed E-state index contributed by atoms with van der Waals surface area (Å²) in [5, 5.41) is 6.30. The minimum Gasteiger partial charge on any atom is -0.494 e. The highest BCUT2D eigenvalue weighted by molar-refractivity contribution is 14.1. The van der Waals surface area contributed by atoms with E-state index in [1.54, 1.807) is 24.4 Å². The molecule has 0 bridgehead atoms. The van der Waals surface area contributed by atoms with E-state index >= 15 is 0 Å². The lowest BCUT2D eigenvalue weighted by Crippen LogP contribution is -2.21. The van der Waals surface area contributed by atoms with Crippen molar-refractivity contribution in [1.82, 2.24) is 9.66 Å². The fourth-order valence-electron chi connectivity index (χ4n) is 4.71. The molecular formula is C34H30Cl2IN3O3. The van der Waals surface area contributed by atoms with Crippen LogP contribution in [0.15, 0.2) is 82.7 Å². The molecule has 43 heavy (non-hydrogen) atoms. The number of hydrogen-bond acceptors (Lipinski definition) is 5. The van der Waals surface area contributed by atoms with E-state index in [0.717, 1.165) is 37.1 Å². The summed E-state index contributed by atoms with van der Waals surface area (Å²) in [6.45, 7) is 9.08. The van der Waals surface area contributed by atoms with Gasteiger partial charge in [0.05, 0.1) is 27.3 Å². The molecule has 1 aromatic heterocycles. The van der Waals surface area contributed by atoms with Gasteiger partial charge in [-0.15, -0.1) is 0 Å². The molecule has 0 radical (unpaired) electrons. The Balaban J connectivity index is 1.53. The average Bonchev–Trinajstić information content (AvgIpc) is 2.97. The van der Waals surface area contributed by atoms with Crippen molar-refractivity contribution >= 4 is 62.9 Å². The Morgan fingerprint density at radius 1 is 1.00 bits per heavy atom. The number of fused-ring (bicyclic) bond motifs is 1. The lowest BCUT2D eigenvalue weighted by Gasteiger charge is -2.18. The number of benzene rings is 4. The van der Waals surface area contributed by atoms with Gasteiger partial charge in [0.25, 0.3) is 5.56 Å². The van der Waals surface area contributed by atoms with Crippen molar-refractivity contribution in [1.29, 1.82) is 0 Å². The van der Waals surface area contributed by atoms with Gasteiger partial charge in [0, 0.05) is 21.2 Å². The molecule has 0 aliphatic carbocycles. The van der Waals surface area contributed by atoms with Crippen LogP contribution in [0.5, 0.6) is 11.5 Å². The Hall–Kier alpha value is -3.40. The van der Waals surface area contributed by atoms with Crippen LogP contribution in [-0.4, -0.2) is 22.5 Å². The van der Waals surface area contributed by atoms with Gasteiger partial charge in [-0.25, -0.2) is 4.98 Å². The van der Waals surface area contributed by atoms with Crippen molar-refractivity contribution in [3.8, 4) is 22.9 Å². The molecule has 0 saturated carbocycles. The van der Waals surface area contributed by atoms with Crippen molar-refractivity contribution in [2.45, 2.75) is 40.2 Å². The standard InChI is InChI=1S/C34H30Cl2IN3O3/c1-5-42-32-14-21(4)27(17-26(32)20(2)3)33-39-30-9-7-6-8-25(30)34(41)40(33)38-18-22-10-13-31(29(37)15-22)43-19-23-11-12-24(35)16-28(23)36/h6-18,20H,5,19H2,1-4H3. The monoisotopic (exact) mass is 725 g/mol. The van der Waals surface area contributed by atoms with Crippen LogP contribution in [0.3, 0.4) is 0 Å². The molecule has 5 aromatic rings. The summed E-state index contributed by atoms with van der Waals surface area (Å²) in [6, 6.07) is 22.5. The van der Waals surface area contributed by atoms with Gasteiger partial charge in [0.15, 0.2) is 5.82 Å². The molecule has 0 saturated heterocycles. The lowest BCUT2D eigenvalue weighted by molar-refractivity contribution is 0.304. The van der Waals surface area contributed by atoms with Gasteiger partial charge >= 0.3 is 0 Å². The summed E-state index contributed by atoms with van der Waals surface area (Å²) < 4.78 is 14.2. The smallest absolute Gasteiger partial charge is 0.282 e. The van der Waals surface area contributed by atoms with Gasteiger partial charge in [0.1, 0.15) is 18.1 Å². The molecule has 0 atom stereocenters. The zero-order valence-electron chi connectivity index (χ0n) is 24.2. The number of halogens is 3. The first-order valence-electron chi connectivity index (χ1n) is 13.9. The number of rotatable bonds is 9. The maximum Gasteiger partial charge on any atom is 0.282 e. The summed E-state index contributed by atoms with van der Waals surface area (Å²) in [4.78, 5) is 18.7. The third kappa shape index (κ3) is 6.89. The average molecular weight is 726 g/mol. The topological polar surface area (TPSA) is 65.7 Å². The Morgan fingerprint density at radius 3 is 2.51 bits per heavy atom. The van der Waals surface area contributed by atoms with Gasteiger partial charge in [-0.3, -0.25) is 4.79 Å². The second-order valence-corrected chi connectivity index (χ2v) is 12.3. The zero-order chi connectivity index (χ0) is 30.7. The van der Waals surface area contributed by atoms with Crippen molar-refractivity contribution in [2.24, 2.45) is 5.10 Å². The molecule has 0 aliphatic heterocycles. The summed E-state index contributed by atoms with van der Waals surface area (Å²) in [7, 11) is 0. The molecule has 5 rings (SSSR count). The Labute approximate surface area is 274 Å². The SMILES string of the molecule is CCOc1cc(C)c(-c2nc3ccccc3c(=O)n2N=Cc2ccc(OCc3ccc(Cl)cc3Cl)c(I)c2)cc1C(C)C. The van der Waals surface area contributed by atoms with E-state index in [1.165, 1.54) is 4.68 Å². The molecule has 0 aliphatic rings. The van der Waals surface area contributed by atoms with E-state index in [4.69, 9.17) is 37.7 Å². The van der Waals surface area contributed by atoms with E-state index in [-0.39, 0.29) is 11.5 Å². The summed E-state index contributed by atoms with van der Waals surface area (Å²) in [6.07, 6.45) is 1.66. The van der Waals surface area contributed by atoms with Crippen molar-refractivity contribution in [3.63, 3.8) is 0 Å². The van der Waals surface area contributed by atoms with E-state index in [2.05, 4.69) is 47.6 Å². The molecule has 0 N–H and O–H groups in total. The normalized spacial score (nSPS) is 11.5.